The van der Waals surface area contributed by atoms with Crippen LogP contribution < -0.4 is 5.32 Å². The standard InChI is InChI=1S/C20H20N2O4S/c1-20(2)16(19(25)26)22-17(24)15(18(22)27-20)21-14(23)10-12-8-5-7-11-6-3-4-9-13(11)12/h3-9,15-16,18H,10H2,1-2H3,(H,21,23)(H,25,26)/t15-,16+,18-/m1/s1. The molecule has 2 aliphatic heterocycles. The van der Waals surface area contributed by atoms with Crippen LogP contribution in [0.2, 0.25) is 0 Å². The predicted octanol–water partition coefficient (Wildman–Crippen LogP) is 2.01. The van der Waals surface area contributed by atoms with Gasteiger partial charge in [0, 0.05) is 4.75 Å². The molecule has 2 N–H and O–H groups in total. The third-order valence-corrected chi connectivity index (χ3v) is 6.79. The Morgan fingerprint density at radius 1 is 1.19 bits per heavy atom. The summed E-state index contributed by atoms with van der Waals surface area (Å²) in [6.45, 7) is 3.63. The summed E-state index contributed by atoms with van der Waals surface area (Å²) >= 11 is 1.43. The fourth-order valence-electron chi connectivity index (χ4n) is 3.99. The van der Waals surface area contributed by atoms with Crippen molar-refractivity contribution in [1.82, 2.24) is 10.2 Å². The second-order valence-electron chi connectivity index (χ2n) is 7.46. The molecule has 2 aliphatic rings. The number of thioether (sulfide) groups is 1. The number of benzene rings is 2. The number of carboxylic acid groups (broad SMARTS) is 1. The second-order valence-corrected chi connectivity index (χ2v) is 9.23. The molecule has 2 saturated heterocycles. The average molecular weight is 384 g/mol. The lowest BCUT2D eigenvalue weighted by Crippen LogP contribution is -2.70. The molecule has 0 spiro atoms. The molecule has 2 fully saturated rings. The van der Waals surface area contributed by atoms with Crippen molar-refractivity contribution in [3.63, 3.8) is 0 Å². The number of carbonyl (C=O) groups is 3. The van der Waals surface area contributed by atoms with Gasteiger partial charge in [0.2, 0.25) is 11.8 Å². The van der Waals surface area contributed by atoms with E-state index in [0.29, 0.717) is 0 Å². The predicted molar refractivity (Wildman–Crippen MR) is 103 cm³/mol. The van der Waals surface area contributed by atoms with Crippen molar-refractivity contribution in [2.24, 2.45) is 0 Å². The van der Waals surface area contributed by atoms with E-state index in [-0.39, 0.29) is 23.6 Å². The molecule has 4 rings (SSSR count). The highest BCUT2D eigenvalue weighted by Crippen LogP contribution is 2.50. The maximum absolute atomic E-state index is 12.6. The number of β-lactam (4-membered cyclic amide) rings is 1. The highest BCUT2D eigenvalue weighted by atomic mass is 32.2. The number of fused-ring (bicyclic) bond motifs is 2. The van der Waals surface area contributed by atoms with Gasteiger partial charge in [-0.3, -0.25) is 9.59 Å². The van der Waals surface area contributed by atoms with Crippen molar-refractivity contribution >= 4 is 40.3 Å². The van der Waals surface area contributed by atoms with E-state index >= 15 is 0 Å². The van der Waals surface area contributed by atoms with Crippen molar-refractivity contribution in [2.45, 2.75) is 42.5 Å². The molecular weight excluding hydrogens is 364 g/mol. The zero-order chi connectivity index (χ0) is 19.3. The van der Waals surface area contributed by atoms with Crippen LogP contribution in [-0.2, 0) is 20.8 Å². The minimum atomic E-state index is -1.01. The quantitative estimate of drug-likeness (QED) is 0.788. The van der Waals surface area contributed by atoms with Gasteiger partial charge >= 0.3 is 5.97 Å². The number of hydrogen-bond donors (Lipinski definition) is 2. The summed E-state index contributed by atoms with van der Waals surface area (Å²) < 4.78 is -0.596. The van der Waals surface area contributed by atoms with Crippen molar-refractivity contribution in [2.75, 3.05) is 0 Å². The minimum Gasteiger partial charge on any atom is -0.480 e. The van der Waals surface area contributed by atoms with E-state index in [0.717, 1.165) is 16.3 Å². The first-order chi connectivity index (χ1) is 12.8. The zero-order valence-corrected chi connectivity index (χ0v) is 15.8. The van der Waals surface area contributed by atoms with Gasteiger partial charge in [0.1, 0.15) is 17.5 Å². The summed E-state index contributed by atoms with van der Waals surface area (Å²) in [5.74, 6) is -1.57. The van der Waals surface area contributed by atoms with Gasteiger partial charge in [0.25, 0.3) is 0 Å². The first-order valence-corrected chi connectivity index (χ1v) is 9.66. The Hall–Kier alpha value is -2.54. The molecule has 0 radical (unpaired) electrons. The van der Waals surface area contributed by atoms with Gasteiger partial charge in [-0.05, 0) is 30.2 Å². The number of hydrogen-bond acceptors (Lipinski definition) is 4. The molecule has 0 bridgehead atoms. The molecule has 2 aromatic carbocycles. The molecule has 2 aromatic rings. The Morgan fingerprint density at radius 2 is 1.89 bits per heavy atom. The molecule has 2 amide bonds. The van der Waals surface area contributed by atoms with Crippen molar-refractivity contribution in [1.29, 1.82) is 0 Å². The third kappa shape index (κ3) is 2.86. The van der Waals surface area contributed by atoms with Crippen LogP contribution in [0.15, 0.2) is 42.5 Å². The molecule has 0 aliphatic carbocycles. The lowest BCUT2D eigenvalue weighted by Gasteiger charge is -2.43. The first kappa shape index (κ1) is 17.9. The van der Waals surface area contributed by atoms with E-state index in [1.54, 1.807) is 0 Å². The lowest BCUT2D eigenvalue weighted by molar-refractivity contribution is -0.161. The van der Waals surface area contributed by atoms with Gasteiger partial charge in [-0.2, -0.15) is 0 Å². The Bertz CT molecular complexity index is 953. The number of carboxylic acids is 1. The monoisotopic (exact) mass is 384 g/mol. The van der Waals surface area contributed by atoms with Crippen molar-refractivity contribution in [3.05, 3.63) is 48.0 Å². The Kier molecular flexibility index (Phi) is 4.14. The van der Waals surface area contributed by atoms with E-state index in [4.69, 9.17) is 0 Å². The van der Waals surface area contributed by atoms with Crippen LogP contribution in [0.25, 0.3) is 10.8 Å². The molecule has 3 atom stereocenters. The van der Waals surface area contributed by atoms with Crippen LogP contribution in [0.1, 0.15) is 19.4 Å². The van der Waals surface area contributed by atoms with Crippen LogP contribution in [0.4, 0.5) is 0 Å². The number of rotatable bonds is 4. The van der Waals surface area contributed by atoms with Crippen LogP contribution >= 0.6 is 11.8 Å². The molecular formula is C20H20N2O4S. The summed E-state index contributed by atoms with van der Waals surface area (Å²) in [5.41, 5.74) is 0.900. The molecule has 7 heteroatoms. The third-order valence-electron chi connectivity index (χ3n) is 5.22. The van der Waals surface area contributed by atoms with Crippen LogP contribution in [0.5, 0.6) is 0 Å². The summed E-state index contributed by atoms with van der Waals surface area (Å²) in [4.78, 5) is 38.0. The average Bonchev–Trinajstić information content (AvgIpc) is 2.88. The molecule has 0 unspecified atom stereocenters. The number of nitrogens with one attached hydrogen (secondary N) is 1. The maximum Gasteiger partial charge on any atom is 0.327 e. The van der Waals surface area contributed by atoms with E-state index < -0.39 is 22.8 Å². The van der Waals surface area contributed by atoms with Crippen molar-refractivity contribution in [3.8, 4) is 0 Å². The topological polar surface area (TPSA) is 86.7 Å². The number of nitrogens with zero attached hydrogens (tertiary/aromatic N) is 1. The number of carbonyl (C=O) groups excluding carboxylic acids is 2. The second kappa shape index (κ2) is 6.27. The van der Waals surface area contributed by atoms with Crippen molar-refractivity contribution < 1.29 is 19.5 Å². The summed E-state index contributed by atoms with van der Waals surface area (Å²) in [6.07, 6.45) is 0.175. The van der Waals surface area contributed by atoms with E-state index in [2.05, 4.69) is 5.32 Å². The smallest absolute Gasteiger partial charge is 0.327 e. The molecule has 0 aromatic heterocycles. The van der Waals surface area contributed by atoms with Gasteiger partial charge in [-0.1, -0.05) is 42.5 Å². The number of amides is 2. The Balaban J connectivity index is 1.48. The summed E-state index contributed by atoms with van der Waals surface area (Å²) in [7, 11) is 0. The fourth-order valence-corrected chi connectivity index (χ4v) is 5.61. The minimum absolute atomic E-state index is 0.175. The van der Waals surface area contributed by atoms with Gasteiger partial charge in [0.15, 0.2) is 0 Å². The van der Waals surface area contributed by atoms with Gasteiger partial charge in [0.05, 0.1) is 6.42 Å². The van der Waals surface area contributed by atoms with Crippen LogP contribution in [0.3, 0.4) is 0 Å². The van der Waals surface area contributed by atoms with E-state index in [1.807, 2.05) is 56.3 Å². The molecule has 2 heterocycles. The molecule has 0 saturated carbocycles. The van der Waals surface area contributed by atoms with Gasteiger partial charge in [-0.15, -0.1) is 11.8 Å². The summed E-state index contributed by atoms with van der Waals surface area (Å²) in [6, 6.07) is 12.1. The van der Waals surface area contributed by atoms with Crippen LogP contribution in [-0.4, -0.2) is 50.0 Å². The SMILES string of the molecule is CC1(C)S[C@@H]2[C@H](NC(=O)Cc3cccc4ccccc34)C(=O)N2[C@H]1C(=O)O. The molecule has 6 nitrogen and oxygen atoms in total. The Labute approximate surface area is 160 Å². The summed E-state index contributed by atoms with van der Waals surface area (Å²) in [5, 5.41) is 14.0. The zero-order valence-electron chi connectivity index (χ0n) is 15.0. The highest BCUT2D eigenvalue weighted by molar-refractivity contribution is 8.01. The molecule has 140 valence electrons. The largest absolute Gasteiger partial charge is 0.480 e. The Morgan fingerprint density at radius 3 is 2.63 bits per heavy atom. The normalized spacial score (nSPS) is 25.8. The van der Waals surface area contributed by atoms with Crippen LogP contribution in [0, 0.1) is 0 Å². The molecule has 27 heavy (non-hydrogen) atoms. The maximum atomic E-state index is 12.6. The first-order valence-electron chi connectivity index (χ1n) is 8.78. The fraction of sp³-hybridized carbons (Fsp3) is 0.350. The van der Waals surface area contributed by atoms with E-state index in [1.165, 1.54) is 16.7 Å². The highest BCUT2D eigenvalue weighted by Gasteiger charge is 2.64. The van der Waals surface area contributed by atoms with Gasteiger partial charge < -0.3 is 15.3 Å². The van der Waals surface area contributed by atoms with E-state index in [9.17, 15) is 19.5 Å². The van der Waals surface area contributed by atoms with Gasteiger partial charge in [-0.25, -0.2) is 4.79 Å². The number of aliphatic carboxylic acids is 1. The lowest BCUT2D eigenvalue weighted by atomic mass is 9.95.